The van der Waals surface area contributed by atoms with Gasteiger partial charge in [0.1, 0.15) is 24.1 Å². The van der Waals surface area contributed by atoms with E-state index < -0.39 is 23.9 Å². The van der Waals surface area contributed by atoms with Crippen LogP contribution in [0.5, 0.6) is 11.5 Å². The number of phenolic OH excluding ortho intramolecular Hbond substituents is 2. The lowest BCUT2D eigenvalue weighted by Gasteiger charge is -2.34. The third-order valence-electron chi connectivity index (χ3n) is 11.9. The van der Waals surface area contributed by atoms with Gasteiger partial charge in [-0.1, -0.05) is 44.2 Å². The number of aromatic hydroxyl groups is 2. The van der Waals surface area contributed by atoms with Crippen LogP contribution >= 0.6 is 0 Å². The number of benzene rings is 4. The van der Waals surface area contributed by atoms with E-state index in [1.807, 2.05) is 43.0 Å². The molecule has 0 saturated carbocycles. The Balaban J connectivity index is 0.838. The van der Waals surface area contributed by atoms with Gasteiger partial charge in [0, 0.05) is 86.4 Å². The zero-order valence-corrected chi connectivity index (χ0v) is 36.2. The predicted octanol–water partition coefficient (Wildman–Crippen LogP) is 4.69. The van der Waals surface area contributed by atoms with E-state index in [1.54, 1.807) is 60.0 Å². The van der Waals surface area contributed by atoms with Gasteiger partial charge < -0.3 is 30.1 Å². The van der Waals surface area contributed by atoms with E-state index in [4.69, 9.17) is 4.74 Å². The molecule has 0 bridgehead atoms. The Bertz CT molecular complexity index is 2670. The molecule has 2 saturated heterocycles. The number of aromatic nitrogens is 3. The fourth-order valence-corrected chi connectivity index (χ4v) is 8.37. The highest BCUT2D eigenvalue weighted by Crippen LogP contribution is 2.38. The second kappa shape index (κ2) is 18.6. The second-order valence-electron chi connectivity index (χ2n) is 16.5. The molecule has 0 radical (unpaired) electrons. The first-order valence-electron chi connectivity index (χ1n) is 21.5. The molecule has 1 atom stereocenters. The van der Waals surface area contributed by atoms with Gasteiger partial charge in [-0.3, -0.25) is 44.1 Å². The molecule has 4 heterocycles. The smallest absolute Gasteiger partial charge is 0.411 e. The number of anilines is 1. The van der Waals surface area contributed by atoms with Crippen LogP contribution in [-0.2, 0) is 34.0 Å². The first kappa shape index (κ1) is 44.0. The number of phenols is 2. The summed E-state index contributed by atoms with van der Waals surface area (Å²) in [5.41, 5.74) is 5.06. The van der Waals surface area contributed by atoms with Crippen molar-refractivity contribution in [2.24, 2.45) is 0 Å². The molecule has 4 aromatic carbocycles. The lowest BCUT2D eigenvalue weighted by atomic mass is 9.98. The predicted molar refractivity (Wildman–Crippen MR) is 236 cm³/mol. The molecule has 5 N–H and O–H groups in total. The van der Waals surface area contributed by atoms with Gasteiger partial charge in [-0.2, -0.15) is 0 Å². The van der Waals surface area contributed by atoms with Crippen molar-refractivity contribution in [3.8, 4) is 28.6 Å². The summed E-state index contributed by atoms with van der Waals surface area (Å²) < 4.78 is 7.06. The van der Waals surface area contributed by atoms with Crippen LogP contribution in [0.2, 0.25) is 0 Å². The average Bonchev–Trinajstić information content (AvgIpc) is 3.88. The van der Waals surface area contributed by atoms with Crippen LogP contribution < -0.4 is 16.0 Å². The quantitative estimate of drug-likeness (QED) is 0.108. The topological polar surface area (TPSA) is 229 Å². The number of imide groups is 1. The molecule has 0 aliphatic carbocycles. The maximum Gasteiger partial charge on any atom is 0.411 e. The van der Waals surface area contributed by atoms with E-state index in [0.29, 0.717) is 84.0 Å². The van der Waals surface area contributed by atoms with Gasteiger partial charge in [0.2, 0.25) is 17.6 Å². The molecule has 2 fully saturated rings. The summed E-state index contributed by atoms with van der Waals surface area (Å²) in [6.07, 6.45) is -0.370. The van der Waals surface area contributed by atoms with E-state index >= 15 is 0 Å². The van der Waals surface area contributed by atoms with E-state index in [0.717, 1.165) is 5.56 Å². The molecular weight excluding hydrogens is 835 g/mol. The minimum Gasteiger partial charge on any atom is -0.508 e. The molecule has 6 amide bonds. The number of amides is 6. The molecule has 3 aliphatic rings. The number of nitrogens with zero attached hydrogens (tertiary/aromatic N) is 6. The number of carbonyl (C=O) groups is 6. The van der Waals surface area contributed by atoms with Crippen molar-refractivity contribution in [3.63, 3.8) is 0 Å². The zero-order valence-electron chi connectivity index (χ0n) is 36.2. The standard InChI is InChI=1S/C47H49N9O9/c1-4-48-44(61)42-52-51-41(34-22-33(27(2)3)38(57)23-39(34)58)56(42)31-14-10-28(11-15-31)24-53-18-20-54(21-19-53)45(62)30-12-8-29(9-13-30)26-65-47(64)49-36-7-5-6-32-35(36)25-55(46(32)63)37-16-17-40(59)50-43(37)60/h5-15,22-23,27,37,57-58H,4,16-21,24-26H2,1-3H3,(H,48,61)(H,49,64)(H,50,59,60). The molecule has 65 heavy (non-hydrogen) atoms. The molecule has 1 aromatic heterocycles. The van der Waals surface area contributed by atoms with Gasteiger partial charge in [0.25, 0.3) is 17.7 Å². The van der Waals surface area contributed by atoms with Gasteiger partial charge in [0.15, 0.2) is 5.82 Å². The summed E-state index contributed by atoms with van der Waals surface area (Å²) in [6, 6.07) is 21.6. The van der Waals surface area contributed by atoms with Crippen molar-refractivity contribution in [1.82, 2.24) is 40.1 Å². The molecule has 8 rings (SSSR count). The molecule has 1 unspecified atom stereocenters. The van der Waals surface area contributed by atoms with E-state index in [9.17, 15) is 39.0 Å². The van der Waals surface area contributed by atoms with Crippen LogP contribution in [0.3, 0.4) is 0 Å². The number of piperazine rings is 1. The summed E-state index contributed by atoms with van der Waals surface area (Å²) in [6.45, 7) is 9.05. The third-order valence-corrected chi connectivity index (χ3v) is 11.9. The van der Waals surface area contributed by atoms with Crippen LogP contribution in [0.1, 0.15) is 93.1 Å². The molecule has 0 spiro atoms. The normalized spacial score (nSPS) is 16.4. The Morgan fingerprint density at radius 1 is 0.877 bits per heavy atom. The number of ether oxygens (including phenoxy) is 1. The highest BCUT2D eigenvalue weighted by molar-refractivity contribution is 6.06. The Kier molecular flexibility index (Phi) is 12.6. The van der Waals surface area contributed by atoms with Crippen LogP contribution in [0.4, 0.5) is 10.5 Å². The van der Waals surface area contributed by atoms with Crippen LogP contribution in [0.15, 0.2) is 78.9 Å². The molecule has 18 heteroatoms. The van der Waals surface area contributed by atoms with Crippen molar-refractivity contribution in [1.29, 1.82) is 0 Å². The van der Waals surface area contributed by atoms with Gasteiger partial charge in [-0.05, 0) is 78.4 Å². The van der Waals surface area contributed by atoms with Crippen LogP contribution in [0, 0.1) is 0 Å². The van der Waals surface area contributed by atoms with Crippen molar-refractivity contribution >= 4 is 41.3 Å². The van der Waals surface area contributed by atoms with Gasteiger partial charge >= 0.3 is 6.09 Å². The highest BCUT2D eigenvalue weighted by atomic mass is 16.5. The number of piperidine rings is 1. The lowest BCUT2D eigenvalue weighted by molar-refractivity contribution is -0.136. The molecule has 336 valence electrons. The van der Waals surface area contributed by atoms with E-state index in [2.05, 4.69) is 31.0 Å². The summed E-state index contributed by atoms with van der Waals surface area (Å²) >= 11 is 0. The first-order chi connectivity index (χ1) is 31.3. The van der Waals surface area contributed by atoms with Crippen molar-refractivity contribution in [2.45, 2.75) is 65.3 Å². The highest BCUT2D eigenvalue weighted by Gasteiger charge is 2.40. The Hall–Kier alpha value is -7.60. The largest absolute Gasteiger partial charge is 0.508 e. The lowest BCUT2D eigenvalue weighted by Crippen LogP contribution is -2.52. The maximum atomic E-state index is 13.5. The summed E-state index contributed by atoms with van der Waals surface area (Å²) in [4.78, 5) is 82.1. The van der Waals surface area contributed by atoms with Crippen molar-refractivity contribution in [3.05, 3.63) is 118 Å². The number of hydrogen-bond acceptors (Lipinski definition) is 12. The fraction of sp³-hybridized carbons (Fsp3) is 0.319. The average molecular weight is 884 g/mol. The Morgan fingerprint density at radius 2 is 1.60 bits per heavy atom. The third kappa shape index (κ3) is 9.24. The van der Waals surface area contributed by atoms with E-state index in [1.165, 1.54) is 11.0 Å². The monoisotopic (exact) mass is 883 g/mol. The summed E-state index contributed by atoms with van der Waals surface area (Å²) in [5.74, 6) is -1.74. The van der Waals surface area contributed by atoms with Crippen molar-refractivity contribution < 1.29 is 43.7 Å². The zero-order chi connectivity index (χ0) is 45.9. The Labute approximate surface area is 374 Å². The SMILES string of the molecule is CCNC(=O)c1nnc(-c2cc(C(C)C)c(O)cc2O)n1-c1ccc(CN2CCN(C(=O)c3ccc(COC(=O)Nc4cccc5c4CN(C4CCC(=O)NC4=O)C5=O)cc3)CC2)cc1. The van der Waals surface area contributed by atoms with Gasteiger partial charge in [-0.25, -0.2) is 4.79 Å². The van der Waals surface area contributed by atoms with Crippen LogP contribution in [0.25, 0.3) is 17.1 Å². The first-order valence-corrected chi connectivity index (χ1v) is 21.5. The summed E-state index contributed by atoms with van der Waals surface area (Å²) in [5, 5.41) is 37.6. The number of nitrogens with one attached hydrogen (secondary N) is 3. The Morgan fingerprint density at radius 3 is 2.29 bits per heavy atom. The summed E-state index contributed by atoms with van der Waals surface area (Å²) in [7, 11) is 0. The maximum absolute atomic E-state index is 13.5. The number of rotatable bonds is 12. The molecule has 18 nitrogen and oxygen atoms in total. The van der Waals surface area contributed by atoms with Gasteiger partial charge in [-0.15, -0.1) is 10.2 Å². The minimum absolute atomic E-state index is 0.0356. The van der Waals surface area contributed by atoms with E-state index in [-0.39, 0.29) is 72.8 Å². The van der Waals surface area contributed by atoms with Crippen molar-refractivity contribution in [2.75, 3.05) is 38.0 Å². The molecular formula is C47H49N9O9. The number of fused-ring (bicyclic) bond motifs is 1. The fourth-order valence-electron chi connectivity index (χ4n) is 8.37. The number of carbonyl (C=O) groups excluding carboxylic acids is 6. The minimum atomic E-state index is -0.778. The van der Waals surface area contributed by atoms with Gasteiger partial charge in [0.05, 0.1) is 5.56 Å². The number of hydrogen-bond donors (Lipinski definition) is 5. The molecule has 5 aromatic rings. The van der Waals surface area contributed by atoms with Crippen LogP contribution in [-0.4, -0.2) is 114 Å². The second-order valence-corrected chi connectivity index (χ2v) is 16.5. The molecule has 3 aliphatic heterocycles.